The fraction of sp³-hybridized carbons (Fsp3) is 0.750. The number of thiazole rings is 1. The monoisotopic (exact) mass is 239 g/mol. The molecule has 0 saturated heterocycles. The van der Waals surface area contributed by atoms with Crippen molar-refractivity contribution < 1.29 is 0 Å². The summed E-state index contributed by atoms with van der Waals surface area (Å²) in [5, 5.41) is 8.16. The first-order valence-electron chi connectivity index (χ1n) is 5.92. The fourth-order valence-corrected chi connectivity index (χ4v) is 2.95. The number of rotatable bonds is 2. The van der Waals surface area contributed by atoms with Crippen LogP contribution in [0.25, 0.3) is 0 Å². The molecule has 0 atom stereocenters. The minimum absolute atomic E-state index is 0.00166. The number of nitrogens with one attached hydrogen (secondary N) is 2. The van der Waals surface area contributed by atoms with Gasteiger partial charge in [-0.05, 0) is 34.1 Å². The molecule has 0 fully saturated rings. The van der Waals surface area contributed by atoms with Gasteiger partial charge in [0.15, 0.2) is 5.13 Å². The summed E-state index contributed by atoms with van der Waals surface area (Å²) in [5.74, 6) is 1.07. The number of aryl methyl sites for hydroxylation is 1. The first kappa shape index (κ1) is 11.7. The second-order valence-corrected chi connectivity index (χ2v) is 6.62. The highest BCUT2D eigenvalue weighted by Gasteiger charge is 2.40. The topological polar surface area (TPSA) is 37.0 Å². The molecule has 1 aromatic heterocycles. The van der Waals surface area contributed by atoms with E-state index >= 15 is 0 Å². The van der Waals surface area contributed by atoms with Crippen molar-refractivity contribution in [2.45, 2.75) is 58.5 Å². The zero-order valence-electron chi connectivity index (χ0n) is 10.8. The summed E-state index contributed by atoms with van der Waals surface area (Å²) in [4.78, 5) is 5.98. The number of fused-ring (bicyclic) bond motifs is 2. The van der Waals surface area contributed by atoms with E-state index in [1.165, 1.54) is 11.3 Å². The van der Waals surface area contributed by atoms with Crippen LogP contribution in [0.1, 0.15) is 45.9 Å². The van der Waals surface area contributed by atoms with Crippen LogP contribution in [0.15, 0.2) is 0 Å². The van der Waals surface area contributed by atoms with Gasteiger partial charge in [-0.25, -0.2) is 4.98 Å². The molecule has 0 amide bonds. The van der Waals surface area contributed by atoms with Gasteiger partial charge in [0.25, 0.3) is 0 Å². The lowest BCUT2D eigenvalue weighted by Crippen LogP contribution is -2.55. The number of hydrogen-bond acceptors (Lipinski definition) is 4. The number of hydrogen-bond donors (Lipinski definition) is 2. The fourth-order valence-electron chi connectivity index (χ4n) is 1.78. The minimum atomic E-state index is -0.00639. The average Bonchev–Trinajstić information content (AvgIpc) is 2.42. The maximum Gasteiger partial charge on any atom is 0.185 e. The number of aromatic nitrogens is 1. The lowest BCUT2D eigenvalue weighted by atomic mass is 9.82. The molecule has 1 aliphatic rings. The quantitative estimate of drug-likeness (QED) is 0.829. The predicted molar refractivity (Wildman–Crippen MR) is 71.5 cm³/mol. The molecule has 0 radical (unpaired) electrons. The first-order valence-corrected chi connectivity index (χ1v) is 6.73. The summed E-state index contributed by atoms with van der Waals surface area (Å²) in [5.41, 5.74) is -0.00805. The molecule has 0 aliphatic carbocycles. The van der Waals surface area contributed by atoms with Crippen molar-refractivity contribution >= 4 is 22.3 Å². The highest BCUT2D eigenvalue weighted by Crippen LogP contribution is 2.39. The SMILES string of the molecule is CCCc1sc2nc1NC(C)(C)C(C)(C)N2. The Hall–Kier alpha value is -0.770. The van der Waals surface area contributed by atoms with E-state index in [4.69, 9.17) is 0 Å². The standard InChI is InChI=1S/C12H21N3S/c1-6-7-8-9-13-10(16-8)15-12(4,5)11(2,3)14-9/h14H,6-7H2,1-5H3,(H,13,15). The Balaban J connectivity index is 2.38. The van der Waals surface area contributed by atoms with Gasteiger partial charge in [0.2, 0.25) is 0 Å². The Morgan fingerprint density at radius 3 is 2.38 bits per heavy atom. The Labute approximate surface area is 102 Å². The summed E-state index contributed by atoms with van der Waals surface area (Å²) in [6, 6.07) is 0. The predicted octanol–water partition coefficient (Wildman–Crippen LogP) is 3.49. The Morgan fingerprint density at radius 1 is 1.12 bits per heavy atom. The molecule has 0 unspecified atom stereocenters. The molecular formula is C12H21N3S. The van der Waals surface area contributed by atoms with Crippen molar-refractivity contribution in [2.24, 2.45) is 0 Å². The van der Waals surface area contributed by atoms with Gasteiger partial charge in [-0.3, -0.25) is 0 Å². The summed E-state index contributed by atoms with van der Waals surface area (Å²) in [6.45, 7) is 11.1. The van der Waals surface area contributed by atoms with Crippen molar-refractivity contribution in [1.82, 2.24) is 4.98 Å². The number of nitrogens with zero attached hydrogens (tertiary/aromatic N) is 1. The summed E-state index contributed by atoms with van der Waals surface area (Å²) in [7, 11) is 0. The average molecular weight is 239 g/mol. The Bertz CT molecular complexity index is 393. The van der Waals surface area contributed by atoms with E-state index in [1.807, 2.05) is 0 Å². The molecular weight excluding hydrogens is 218 g/mol. The van der Waals surface area contributed by atoms with Crippen molar-refractivity contribution in [2.75, 3.05) is 10.6 Å². The van der Waals surface area contributed by atoms with Gasteiger partial charge < -0.3 is 10.6 Å². The van der Waals surface area contributed by atoms with Crippen LogP contribution in [0.4, 0.5) is 10.9 Å². The van der Waals surface area contributed by atoms with E-state index in [9.17, 15) is 0 Å². The molecule has 1 aliphatic heterocycles. The van der Waals surface area contributed by atoms with E-state index < -0.39 is 0 Å². The third-order valence-corrected chi connectivity index (χ3v) is 4.62. The van der Waals surface area contributed by atoms with Gasteiger partial charge in [-0.15, -0.1) is 0 Å². The molecule has 2 N–H and O–H groups in total. The van der Waals surface area contributed by atoms with Gasteiger partial charge in [0.1, 0.15) is 5.82 Å². The van der Waals surface area contributed by atoms with Crippen molar-refractivity contribution in [1.29, 1.82) is 0 Å². The molecule has 3 nitrogen and oxygen atoms in total. The second-order valence-electron chi connectivity index (χ2n) is 5.54. The third kappa shape index (κ3) is 1.79. The largest absolute Gasteiger partial charge is 0.362 e. The van der Waals surface area contributed by atoms with Crippen LogP contribution < -0.4 is 10.6 Å². The zero-order chi connectivity index (χ0) is 12.0. The van der Waals surface area contributed by atoms with Gasteiger partial charge >= 0.3 is 0 Å². The van der Waals surface area contributed by atoms with Gasteiger partial charge in [0, 0.05) is 0 Å². The van der Waals surface area contributed by atoms with E-state index in [1.54, 1.807) is 11.3 Å². The molecule has 0 saturated carbocycles. The van der Waals surface area contributed by atoms with Crippen molar-refractivity contribution in [3.05, 3.63) is 4.88 Å². The molecule has 2 heterocycles. The minimum Gasteiger partial charge on any atom is -0.362 e. The van der Waals surface area contributed by atoms with Crippen molar-refractivity contribution in [3.8, 4) is 0 Å². The highest BCUT2D eigenvalue weighted by atomic mass is 32.1. The number of anilines is 2. The van der Waals surface area contributed by atoms with Crippen LogP contribution in [0.3, 0.4) is 0 Å². The highest BCUT2D eigenvalue weighted by molar-refractivity contribution is 7.16. The second kappa shape index (κ2) is 3.62. The molecule has 16 heavy (non-hydrogen) atoms. The zero-order valence-corrected chi connectivity index (χ0v) is 11.6. The van der Waals surface area contributed by atoms with Crippen LogP contribution in [-0.2, 0) is 6.42 Å². The summed E-state index contributed by atoms with van der Waals surface area (Å²) in [6.07, 6.45) is 2.28. The molecule has 0 spiro atoms. The maximum absolute atomic E-state index is 4.62. The van der Waals surface area contributed by atoms with E-state index in [2.05, 4.69) is 50.2 Å². The Morgan fingerprint density at radius 2 is 1.75 bits per heavy atom. The lowest BCUT2D eigenvalue weighted by Gasteiger charge is -2.42. The summed E-state index contributed by atoms with van der Waals surface area (Å²) < 4.78 is 0. The molecule has 2 bridgehead atoms. The van der Waals surface area contributed by atoms with Crippen LogP contribution in [0.5, 0.6) is 0 Å². The molecule has 1 aromatic rings. The maximum atomic E-state index is 4.62. The molecule has 90 valence electrons. The normalized spacial score (nSPS) is 20.8. The Kier molecular flexibility index (Phi) is 2.65. The van der Waals surface area contributed by atoms with Crippen LogP contribution in [0.2, 0.25) is 0 Å². The van der Waals surface area contributed by atoms with Crippen molar-refractivity contribution in [3.63, 3.8) is 0 Å². The van der Waals surface area contributed by atoms with Gasteiger partial charge in [-0.1, -0.05) is 24.7 Å². The van der Waals surface area contributed by atoms with Gasteiger partial charge in [-0.2, -0.15) is 0 Å². The van der Waals surface area contributed by atoms with Crippen LogP contribution >= 0.6 is 11.3 Å². The van der Waals surface area contributed by atoms with Crippen LogP contribution in [-0.4, -0.2) is 16.1 Å². The van der Waals surface area contributed by atoms with E-state index in [0.717, 1.165) is 17.4 Å². The van der Waals surface area contributed by atoms with E-state index in [0.29, 0.717) is 0 Å². The first-order chi connectivity index (χ1) is 7.36. The smallest absolute Gasteiger partial charge is 0.185 e. The van der Waals surface area contributed by atoms with E-state index in [-0.39, 0.29) is 11.1 Å². The molecule has 0 aromatic carbocycles. The molecule has 2 rings (SSSR count). The molecule has 4 heteroatoms. The van der Waals surface area contributed by atoms with Gasteiger partial charge in [0.05, 0.1) is 16.0 Å². The lowest BCUT2D eigenvalue weighted by molar-refractivity contribution is 0.369. The summed E-state index contributed by atoms with van der Waals surface area (Å²) >= 11 is 1.78. The third-order valence-electron chi connectivity index (χ3n) is 3.59. The van der Waals surface area contributed by atoms with Crippen LogP contribution in [0, 0.1) is 0 Å².